The van der Waals surface area contributed by atoms with Gasteiger partial charge in [-0.3, -0.25) is 9.58 Å². The number of ether oxygens (including phenoxy) is 2. The summed E-state index contributed by atoms with van der Waals surface area (Å²) in [4.78, 5) is 27.4. The minimum atomic E-state index is -0.937. The molecule has 2 aromatic rings. The van der Waals surface area contributed by atoms with Crippen molar-refractivity contribution < 1.29 is 24.2 Å². The van der Waals surface area contributed by atoms with Crippen molar-refractivity contribution in [2.45, 2.75) is 83.6 Å². The number of carboxylic acid groups (broad SMARTS) is 1. The maximum absolute atomic E-state index is 12.3. The van der Waals surface area contributed by atoms with E-state index in [1.165, 1.54) is 4.90 Å². The third-order valence-electron chi connectivity index (χ3n) is 7.09. The molecule has 1 N–H and O–H groups in total. The number of likely N-dealkylation sites (tertiary alicyclic amines) is 1. The molecule has 1 aromatic carbocycles. The maximum atomic E-state index is 12.3. The fourth-order valence-corrected chi connectivity index (χ4v) is 4.89. The van der Waals surface area contributed by atoms with Crippen LogP contribution in [0.3, 0.4) is 0 Å². The number of carbonyl (C=O) groups excluding carboxylic acids is 1. The molecule has 0 radical (unpaired) electrons. The normalized spacial score (nSPS) is 20.6. The largest absolute Gasteiger partial charge is 0.489 e. The molecule has 9 heteroatoms. The second-order valence-electron chi connectivity index (χ2n) is 10.9. The van der Waals surface area contributed by atoms with E-state index in [0.717, 1.165) is 54.5 Å². The molecule has 5 rings (SSSR count). The number of fused-ring (bicyclic) bond motifs is 1. The number of nitrogens with zero attached hydrogens (tertiary/aromatic N) is 4. The minimum Gasteiger partial charge on any atom is -0.489 e. The number of hydrogen-bond donors (Lipinski definition) is 1. The lowest BCUT2D eigenvalue weighted by Gasteiger charge is -2.39. The minimum absolute atomic E-state index is 0.0725. The Labute approximate surface area is 205 Å². The molecule has 1 aromatic heterocycles. The van der Waals surface area contributed by atoms with Gasteiger partial charge in [-0.2, -0.15) is 5.10 Å². The lowest BCUT2D eigenvalue weighted by molar-refractivity contribution is -0.000387. The number of anilines is 1. The molecule has 1 saturated carbocycles. The van der Waals surface area contributed by atoms with Gasteiger partial charge in [0, 0.05) is 42.0 Å². The first-order valence-corrected chi connectivity index (χ1v) is 12.5. The Kier molecular flexibility index (Phi) is 5.89. The summed E-state index contributed by atoms with van der Waals surface area (Å²) in [5.74, 6) is 0.786. The molecule has 2 amide bonds. The van der Waals surface area contributed by atoms with Crippen LogP contribution < -0.4 is 9.64 Å². The summed E-state index contributed by atoms with van der Waals surface area (Å²) in [7, 11) is 0. The van der Waals surface area contributed by atoms with Crippen LogP contribution in [0.5, 0.6) is 5.75 Å². The van der Waals surface area contributed by atoms with Gasteiger partial charge in [0.2, 0.25) is 0 Å². The van der Waals surface area contributed by atoms with E-state index in [0.29, 0.717) is 18.8 Å². The molecule has 9 nitrogen and oxygen atoms in total. The van der Waals surface area contributed by atoms with Gasteiger partial charge in [-0.05, 0) is 71.9 Å². The first kappa shape index (κ1) is 23.5. The van der Waals surface area contributed by atoms with Crippen LogP contribution in [0, 0.1) is 0 Å². The van der Waals surface area contributed by atoms with Gasteiger partial charge in [-0.25, -0.2) is 9.59 Å². The lowest BCUT2D eigenvalue weighted by Crippen LogP contribution is -2.52. The Morgan fingerprint density at radius 1 is 1.14 bits per heavy atom. The maximum Gasteiger partial charge on any atom is 0.412 e. The van der Waals surface area contributed by atoms with Crippen LogP contribution >= 0.6 is 0 Å². The van der Waals surface area contributed by atoms with Gasteiger partial charge >= 0.3 is 12.2 Å². The summed E-state index contributed by atoms with van der Waals surface area (Å²) in [5, 5.41) is 14.4. The Morgan fingerprint density at radius 2 is 1.89 bits per heavy atom. The lowest BCUT2D eigenvalue weighted by atomic mass is 9.91. The predicted molar refractivity (Wildman–Crippen MR) is 131 cm³/mol. The van der Waals surface area contributed by atoms with Crippen LogP contribution in [0.2, 0.25) is 0 Å². The van der Waals surface area contributed by atoms with E-state index >= 15 is 0 Å². The highest BCUT2D eigenvalue weighted by molar-refractivity contribution is 5.91. The van der Waals surface area contributed by atoms with Crippen LogP contribution in [-0.4, -0.2) is 62.8 Å². The van der Waals surface area contributed by atoms with Gasteiger partial charge in [0.1, 0.15) is 11.4 Å². The van der Waals surface area contributed by atoms with E-state index in [-0.39, 0.29) is 24.3 Å². The monoisotopic (exact) mass is 482 g/mol. The summed E-state index contributed by atoms with van der Waals surface area (Å²) in [5.41, 5.74) is 3.03. The Bertz CT molecular complexity index is 1130. The highest BCUT2D eigenvalue weighted by Crippen LogP contribution is 2.44. The molecule has 3 heterocycles. The standard InChI is InChI=1S/C26H34N4O5/c1-16-8-9-21-22(30(16)24(31)32)11-10-20(23(21)34-19-6-5-7-19)17-12-27-29(13-17)18-14-28(15-18)25(33)35-26(2,3)4/h10-13,16,18-19H,5-9,14-15H2,1-4H3,(H,31,32). The van der Waals surface area contributed by atoms with Gasteiger partial charge in [0.25, 0.3) is 0 Å². The quantitative estimate of drug-likeness (QED) is 0.652. The van der Waals surface area contributed by atoms with Crippen molar-refractivity contribution in [3.8, 4) is 16.9 Å². The summed E-state index contributed by atoms with van der Waals surface area (Å²) in [6.07, 6.45) is 7.47. The Morgan fingerprint density at radius 3 is 2.51 bits per heavy atom. The van der Waals surface area contributed by atoms with Gasteiger partial charge in [-0.1, -0.05) is 0 Å². The number of hydrogen-bond acceptors (Lipinski definition) is 5. The van der Waals surface area contributed by atoms with Crippen molar-refractivity contribution in [3.63, 3.8) is 0 Å². The number of amides is 2. The first-order chi connectivity index (χ1) is 16.6. The van der Waals surface area contributed by atoms with Crippen LogP contribution in [0.4, 0.5) is 15.3 Å². The van der Waals surface area contributed by atoms with E-state index in [2.05, 4.69) is 5.10 Å². The second kappa shape index (κ2) is 8.77. The molecule has 1 saturated heterocycles. The molecule has 1 unspecified atom stereocenters. The van der Waals surface area contributed by atoms with E-state index in [9.17, 15) is 14.7 Å². The molecular formula is C26H34N4O5. The summed E-state index contributed by atoms with van der Waals surface area (Å²) in [6.45, 7) is 8.63. The highest BCUT2D eigenvalue weighted by Gasteiger charge is 2.36. The van der Waals surface area contributed by atoms with Crippen LogP contribution in [-0.2, 0) is 11.2 Å². The number of rotatable bonds is 4. The van der Waals surface area contributed by atoms with E-state index in [1.807, 2.05) is 56.9 Å². The zero-order chi connectivity index (χ0) is 24.9. The van der Waals surface area contributed by atoms with Gasteiger partial charge in [0.05, 0.1) is 24.0 Å². The van der Waals surface area contributed by atoms with Crippen molar-refractivity contribution in [2.24, 2.45) is 0 Å². The molecule has 2 fully saturated rings. The smallest absolute Gasteiger partial charge is 0.412 e. The number of benzene rings is 1. The van der Waals surface area contributed by atoms with E-state index in [1.54, 1.807) is 4.90 Å². The summed E-state index contributed by atoms with van der Waals surface area (Å²) >= 11 is 0. The topological polar surface area (TPSA) is 97.1 Å². The summed E-state index contributed by atoms with van der Waals surface area (Å²) in [6, 6.07) is 3.87. The number of aromatic nitrogens is 2. The first-order valence-electron chi connectivity index (χ1n) is 12.5. The van der Waals surface area contributed by atoms with Gasteiger partial charge in [0.15, 0.2) is 0 Å². The average molecular weight is 483 g/mol. The van der Waals surface area contributed by atoms with Crippen molar-refractivity contribution >= 4 is 17.9 Å². The predicted octanol–water partition coefficient (Wildman–Crippen LogP) is 5.09. The molecule has 2 aliphatic heterocycles. The van der Waals surface area contributed by atoms with Crippen molar-refractivity contribution in [1.29, 1.82) is 0 Å². The molecular weight excluding hydrogens is 448 g/mol. The van der Waals surface area contributed by atoms with E-state index < -0.39 is 11.7 Å². The Balaban J connectivity index is 1.40. The zero-order valence-electron chi connectivity index (χ0n) is 20.9. The van der Waals surface area contributed by atoms with E-state index in [4.69, 9.17) is 9.47 Å². The zero-order valence-corrected chi connectivity index (χ0v) is 20.9. The average Bonchev–Trinajstić information content (AvgIpc) is 3.16. The SMILES string of the molecule is CC1CCc2c(ccc(-c3cnn(C4CN(C(=O)OC(C)(C)C)C4)c3)c2OC2CCC2)N1C(=O)O. The fourth-order valence-electron chi connectivity index (χ4n) is 4.89. The number of carbonyl (C=O) groups is 2. The van der Waals surface area contributed by atoms with Crippen molar-refractivity contribution in [3.05, 3.63) is 30.1 Å². The highest BCUT2D eigenvalue weighted by atomic mass is 16.6. The molecule has 1 atom stereocenters. The molecule has 0 bridgehead atoms. The van der Waals surface area contributed by atoms with Crippen LogP contribution in [0.15, 0.2) is 24.5 Å². The van der Waals surface area contributed by atoms with Crippen molar-refractivity contribution in [1.82, 2.24) is 14.7 Å². The second-order valence-corrected chi connectivity index (χ2v) is 10.9. The third-order valence-corrected chi connectivity index (χ3v) is 7.09. The third kappa shape index (κ3) is 4.56. The van der Waals surface area contributed by atoms with Crippen molar-refractivity contribution in [2.75, 3.05) is 18.0 Å². The summed E-state index contributed by atoms with van der Waals surface area (Å²) < 4.78 is 13.8. The Hall–Kier alpha value is -3.23. The molecule has 35 heavy (non-hydrogen) atoms. The van der Waals surface area contributed by atoms with Gasteiger partial charge < -0.3 is 19.5 Å². The molecule has 188 valence electrons. The van der Waals surface area contributed by atoms with Crippen LogP contribution in [0.1, 0.15) is 65.0 Å². The molecule has 0 spiro atoms. The molecule has 3 aliphatic rings. The fraction of sp³-hybridized carbons (Fsp3) is 0.577. The van der Waals surface area contributed by atoms with Crippen LogP contribution in [0.25, 0.3) is 11.1 Å². The van der Waals surface area contributed by atoms with Gasteiger partial charge in [-0.15, -0.1) is 0 Å². The molecule has 1 aliphatic carbocycles.